The Kier molecular flexibility index (Phi) is 4.53. The lowest BCUT2D eigenvalue weighted by Crippen LogP contribution is -2.14. The van der Waals surface area contributed by atoms with Crippen molar-refractivity contribution in [1.82, 2.24) is 0 Å². The van der Waals surface area contributed by atoms with Gasteiger partial charge < -0.3 is 9.15 Å². The highest BCUT2D eigenvalue weighted by atomic mass is 31.0. The normalized spacial score (nSPS) is 11.9. The topological polar surface area (TPSA) is 39.4 Å². The second-order valence-corrected chi connectivity index (χ2v) is 7.07. The molecule has 1 heterocycles. The zero-order chi connectivity index (χ0) is 15.6. The van der Waals surface area contributed by atoms with Gasteiger partial charge in [0, 0.05) is 10.9 Å². The molecule has 1 aromatic heterocycles. The second kappa shape index (κ2) is 6.03. The molecule has 1 aromatic carbocycles. The van der Waals surface area contributed by atoms with Crippen LogP contribution in [0.15, 0.2) is 28.7 Å². The van der Waals surface area contributed by atoms with Crippen molar-refractivity contribution in [2.45, 2.75) is 39.5 Å². The van der Waals surface area contributed by atoms with Crippen LogP contribution in [0.25, 0.3) is 11.1 Å². The summed E-state index contributed by atoms with van der Waals surface area (Å²) in [6.45, 7) is 8.35. The van der Waals surface area contributed by atoms with Gasteiger partial charge in [-0.25, -0.2) is 4.79 Å². The fraction of sp³-hybridized carbons (Fsp3) is 0.412. The highest BCUT2D eigenvalue weighted by Crippen LogP contribution is 2.42. The largest absolute Gasteiger partial charge is 0.463 e. The molecule has 0 saturated carbocycles. The highest BCUT2D eigenvalue weighted by molar-refractivity contribution is 7.34. The Morgan fingerprint density at radius 1 is 1.24 bits per heavy atom. The molecule has 0 unspecified atom stereocenters. The molecule has 0 bridgehead atoms. The van der Waals surface area contributed by atoms with Crippen molar-refractivity contribution in [3.05, 3.63) is 40.9 Å². The minimum absolute atomic E-state index is 0.143. The van der Waals surface area contributed by atoms with E-state index in [1.807, 2.05) is 12.1 Å². The summed E-state index contributed by atoms with van der Waals surface area (Å²) in [5.41, 5.74) is 2.94. The van der Waals surface area contributed by atoms with Crippen LogP contribution in [0.3, 0.4) is 0 Å². The van der Waals surface area contributed by atoms with E-state index in [0.717, 1.165) is 31.0 Å². The van der Waals surface area contributed by atoms with E-state index in [1.54, 1.807) is 0 Å². The second-order valence-electron chi connectivity index (χ2n) is 5.99. The molecule has 0 amide bonds. The van der Waals surface area contributed by atoms with Gasteiger partial charge in [0.2, 0.25) is 5.76 Å². The maximum absolute atomic E-state index is 11.9. The molecule has 3 nitrogen and oxygen atoms in total. The third kappa shape index (κ3) is 3.36. The van der Waals surface area contributed by atoms with E-state index in [9.17, 15) is 4.79 Å². The molecule has 0 atom stereocenters. The van der Waals surface area contributed by atoms with Crippen LogP contribution >= 0.6 is 8.19 Å². The van der Waals surface area contributed by atoms with E-state index in [-0.39, 0.29) is 5.41 Å². The van der Waals surface area contributed by atoms with Crippen molar-refractivity contribution >= 4 is 14.2 Å². The summed E-state index contributed by atoms with van der Waals surface area (Å²) in [6.07, 6.45) is 1.01. The van der Waals surface area contributed by atoms with Gasteiger partial charge >= 0.3 is 5.97 Å². The first-order chi connectivity index (χ1) is 9.86. The van der Waals surface area contributed by atoms with Gasteiger partial charge in [-0.3, -0.25) is 0 Å². The maximum Gasteiger partial charge on any atom is 0.374 e. The van der Waals surface area contributed by atoms with Gasteiger partial charge in [-0.05, 0) is 25.6 Å². The highest BCUT2D eigenvalue weighted by Gasteiger charge is 2.28. The van der Waals surface area contributed by atoms with Gasteiger partial charge in [-0.15, -0.1) is 0 Å². The molecule has 0 radical (unpaired) electrons. The zero-order valence-electron chi connectivity index (χ0n) is 13.2. The van der Waals surface area contributed by atoms with Crippen LogP contribution in [0.2, 0.25) is 0 Å². The van der Waals surface area contributed by atoms with Crippen molar-refractivity contribution in [2.24, 2.45) is 0 Å². The molecule has 2 rings (SSSR count). The molecule has 0 spiro atoms. The van der Waals surface area contributed by atoms with Gasteiger partial charge in [0.15, 0.2) is 5.49 Å². The Balaban J connectivity index is 2.50. The van der Waals surface area contributed by atoms with E-state index in [0.29, 0.717) is 5.76 Å². The SMILES string of the molecule is CCc1ccc(-c2oc(C(=O)OC)c(C(C)(C)C)p2)cc1. The molecule has 0 aliphatic rings. The summed E-state index contributed by atoms with van der Waals surface area (Å²) in [4.78, 5) is 11.9. The summed E-state index contributed by atoms with van der Waals surface area (Å²) in [5, 5.41) is 0.962. The van der Waals surface area contributed by atoms with E-state index >= 15 is 0 Å². The number of carbonyl (C=O) groups is 1. The van der Waals surface area contributed by atoms with Crippen LogP contribution in [0.5, 0.6) is 0 Å². The number of aryl methyl sites for hydroxylation is 1. The first-order valence-electron chi connectivity index (χ1n) is 7.05. The van der Waals surface area contributed by atoms with Gasteiger partial charge in [-0.2, -0.15) is 0 Å². The summed E-state index contributed by atoms with van der Waals surface area (Å²) in [6, 6.07) is 8.27. The molecule has 0 saturated heterocycles. The standard InChI is InChI=1S/C17H21O3P/c1-6-11-7-9-12(10-8-11)16-20-13(15(18)19-5)14(21-16)17(2,3)4/h7-10H,6H2,1-5H3. The summed E-state index contributed by atoms with van der Waals surface area (Å²) < 4.78 is 10.7. The fourth-order valence-electron chi connectivity index (χ4n) is 2.07. The number of hydrogen-bond donors (Lipinski definition) is 0. The number of esters is 1. The Hall–Kier alpha value is -1.60. The number of carbonyl (C=O) groups excluding carboxylic acids is 1. The molecule has 21 heavy (non-hydrogen) atoms. The monoisotopic (exact) mass is 304 g/mol. The summed E-state index contributed by atoms with van der Waals surface area (Å²) in [7, 11) is 2.32. The molecule has 112 valence electrons. The van der Waals surface area contributed by atoms with Gasteiger partial charge in [-0.1, -0.05) is 52.0 Å². The van der Waals surface area contributed by atoms with E-state index in [1.165, 1.54) is 12.7 Å². The minimum Gasteiger partial charge on any atom is -0.463 e. The number of benzene rings is 1. The van der Waals surface area contributed by atoms with Crippen LogP contribution in [0.1, 0.15) is 49.1 Å². The van der Waals surface area contributed by atoms with Crippen molar-refractivity contribution in [3.8, 4) is 11.1 Å². The predicted molar refractivity (Wildman–Crippen MR) is 86.1 cm³/mol. The van der Waals surface area contributed by atoms with E-state index in [4.69, 9.17) is 9.15 Å². The molecule has 0 N–H and O–H groups in total. The van der Waals surface area contributed by atoms with Crippen LogP contribution in [0.4, 0.5) is 0 Å². The number of ether oxygens (including phenoxy) is 1. The Labute approximate surface area is 127 Å². The third-order valence-electron chi connectivity index (χ3n) is 3.32. The molecular formula is C17H21O3P. The Morgan fingerprint density at radius 3 is 2.33 bits per heavy atom. The Morgan fingerprint density at radius 2 is 1.86 bits per heavy atom. The van der Waals surface area contributed by atoms with E-state index in [2.05, 4.69) is 39.8 Å². The minimum atomic E-state index is -0.410. The lowest BCUT2D eigenvalue weighted by Gasteiger charge is -2.16. The summed E-state index contributed by atoms with van der Waals surface area (Å²) in [5.74, 6) is -0.0751. The smallest absolute Gasteiger partial charge is 0.374 e. The lowest BCUT2D eigenvalue weighted by atomic mass is 9.93. The average molecular weight is 304 g/mol. The van der Waals surface area contributed by atoms with Crippen molar-refractivity contribution < 1.29 is 13.9 Å². The molecule has 0 aliphatic carbocycles. The zero-order valence-corrected chi connectivity index (χ0v) is 14.1. The molecule has 4 heteroatoms. The lowest BCUT2D eigenvalue weighted by molar-refractivity contribution is 0.0562. The van der Waals surface area contributed by atoms with Crippen molar-refractivity contribution in [1.29, 1.82) is 0 Å². The predicted octanol–water partition coefficient (Wildman–Crippen LogP) is 5.17. The van der Waals surface area contributed by atoms with Crippen LogP contribution in [-0.2, 0) is 16.6 Å². The van der Waals surface area contributed by atoms with Gasteiger partial charge in [0.05, 0.1) is 7.11 Å². The fourth-order valence-corrected chi connectivity index (χ4v) is 3.26. The number of rotatable bonds is 3. The van der Waals surface area contributed by atoms with E-state index < -0.39 is 5.97 Å². The van der Waals surface area contributed by atoms with Crippen molar-refractivity contribution in [3.63, 3.8) is 0 Å². The first kappa shape index (κ1) is 15.8. The van der Waals surface area contributed by atoms with Gasteiger partial charge in [0.25, 0.3) is 0 Å². The van der Waals surface area contributed by atoms with Crippen LogP contribution in [-0.4, -0.2) is 13.1 Å². The molecular weight excluding hydrogens is 283 g/mol. The summed E-state index contributed by atoms with van der Waals surface area (Å²) >= 11 is 0. The number of hydrogen-bond acceptors (Lipinski definition) is 3. The average Bonchev–Trinajstić information content (AvgIpc) is 2.92. The molecule has 0 fully saturated rings. The van der Waals surface area contributed by atoms with Crippen LogP contribution < -0.4 is 0 Å². The van der Waals surface area contributed by atoms with Crippen LogP contribution in [0, 0.1) is 0 Å². The maximum atomic E-state index is 11.9. The molecule has 0 aliphatic heterocycles. The first-order valence-corrected chi connectivity index (χ1v) is 7.95. The molecule has 2 aromatic rings. The quantitative estimate of drug-likeness (QED) is 0.734. The third-order valence-corrected chi connectivity index (χ3v) is 4.97. The Bertz CT molecular complexity index is 633. The van der Waals surface area contributed by atoms with Gasteiger partial charge in [0.1, 0.15) is 0 Å². The number of methoxy groups -OCH3 is 1. The van der Waals surface area contributed by atoms with Crippen molar-refractivity contribution in [2.75, 3.05) is 7.11 Å².